The average molecular weight is 542 g/mol. The van der Waals surface area contributed by atoms with Crippen molar-refractivity contribution in [2.24, 2.45) is 0 Å². The number of nitrogens with two attached hydrogens (primary N) is 1. The predicted octanol–water partition coefficient (Wildman–Crippen LogP) is 6.15. The highest BCUT2D eigenvalue weighted by Gasteiger charge is 2.42. The third-order valence-electron chi connectivity index (χ3n) is 7.15. The van der Waals surface area contributed by atoms with Crippen LogP contribution in [0.5, 0.6) is 5.75 Å². The van der Waals surface area contributed by atoms with E-state index in [1.807, 2.05) is 26.0 Å². The Morgan fingerprint density at radius 3 is 2.49 bits per heavy atom. The summed E-state index contributed by atoms with van der Waals surface area (Å²) >= 11 is 12.8. The van der Waals surface area contributed by atoms with Gasteiger partial charge in [-0.3, -0.25) is 15.3 Å². The monoisotopic (exact) mass is 540 g/mol. The van der Waals surface area contributed by atoms with E-state index in [9.17, 15) is 0 Å². The van der Waals surface area contributed by atoms with Crippen molar-refractivity contribution >= 4 is 40.4 Å². The first-order chi connectivity index (χ1) is 17.6. The fourth-order valence-corrected chi connectivity index (χ4v) is 5.69. The molecule has 0 unspecified atom stereocenters. The minimum absolute atomic E-state index is 0.173. The van der Waals surface area contributed by atoms with E-state index < -0.39 is 6.10 Å². The summed E-state index contributed by atoms with van der Waals surface area (Å²) in [5.41, 5.74) is 9.80. The minimum Gasteiger partial charge on any atom is -0.486 e. The van der Waals surface area contributed by atoms with Crippen LogP contribution in [0, 0.1) is 12.3 Å². The zero-order valence-corrected chi connectivity index (χ0v) is 23.5. The van der Waals surface area contributed by atoms with Gasteiger partial charge in [-0.25, -0.2) is 4.98 Å². The van der Waals surface area contributed by atoms with E-state index in [1.165, 1.54) is 0 Å². The Bertz CT molecular complexity index is 1290. The fraction of sp³-hybridized carbons (Fsp3) is 0.393. The molecule has 1 aliphatic heterocycles. The zero-order valence-electron chi connectivity index (χ0n) is 22.0. The van der Waals surface area contributed by atoms with Gasteiger partial charge in [0.2, 0.25) is 0 Å². The molecule has 0 saturated carbocycles. The first-order valence-corrected chi connectivity index (χ1v) is 13.3. The van der Waals surface area contributed by atoms with Gasteiger partial charge in [-0.15, -0.1) is 0 Å². The second-order valence-corrected chi connectivity index (χ2v) is 10.5. The van der Waals surface area contributed by atoms with E-state index in [4.69, 9.17) is 39.1 Å². The van der Waals surface area contributed by atoms with Crippen LogP contribution in [0.25, 0.3) is 0 Å². The van der Waals surface area contributed by atoms with Gasteiger partial charge in [0.15, 0.2) is 0 Å². The number of pyridine rings is 2. The van der Waals surface area contributed by atoms with E-state index in [1.54, 1.807) is 30.6 Å². The lowest BCUT2D eigenvalue weighted by Crippen LogP contribution is -2.68. The lowest BCUT2D eigenvalue weighted by Gasteiger charge is -2.54. The summed E-state index contributed by atoms with van der Waals surface area (Å²) in [6.45, 7) is 14.4. The molecule has 2 aromatic heterocycles. The van der Waals surface area contributed by atoms with E-state index in [0.717, 1.165) is 32.0 Å². The summed E-state index contributed by atoms with van der Waals surface area (Å²) in [7, 11) is 0. The molecule has 7 nitrogen and oxygen atoms in total. The van der Waals surface area contributed by atoms with Crippen molar-refractivity contribution in [3.63, 3.8) is 0 Å². The first kappa shape index (κ1) is 27.2. The van der Waals surface area contributed by atoms with E-state index in [0.29, 0.717) is 43.9 Å². The molecule has 1 saturated heterocycles. The molecule has 37 heavy (non-hydrogen) atoms. The number of aryl methyl sites for hydroxylation is 1. The Balaban J connectivity index is 1.49. The molecule has 0 spiro atoms. The van der Waals surface area contributed by atoms with Crippen molar-refractivity contribution in [2.45, 2.75) is 46.3 Å². The lowest BCUT2D eigenvalue weighted by atomic mass is 9.89. The molecule has 1 aromatic carbocycles. The SMILES string of the molecule is CCN(CC)C1(C)CN(c2ccc(C(=N)c3cc(O[C@H](C)c4c(Cl)cnc(C)c4Cl)ccc3N)cn2)C1. The van der Waals surface area contributed by atoms with Crippen LogP contribution in [0.15, 0.2) is 42.7 Å². The molecule has 3 N–H and O–H groups in total. The van der Waals surface area contributed by atoms with Crippen molar-refractivity contribution in [2.75, 3.05) is 36.8 Å². The summed E-state index contributed by atoms with van der Waals surface area (Å²) in [6.07, 6.45) is 2.88. The number of rotatable bonds is 9. The summed E-state index contributed by atoms with van der Waals surface area (Å²) < 4.78 is 6.15. The van der Waals surface area contributed by atoms with Crippen LogP contribution >= 0.6 is 23.2 Å². The van der Waals surface area contributed by atoms with Gasteiger partial charge in [0, 0.05) is 47.9 Å². The largest absolute Gasteiger partial charge is 0.486 e. The third kappa shape index (κ3) is 5.40. The molecule has 4 rings (SSSR count). The molecule has 1 fully saturated rings. The highest BCUT2D eigenvalue weighted by molar-refractivity contribution is 6.36. The van der Waals surface area contributed by atoms with Crippen molar-refractivity contribution in [1.29, 1.82) is 5.41 Å². The van der Waals surface area contributed by atoms with Gasteiger partial charge in [0.05, 0.1) is 27.0 Å². The molecule has 0 bridgehead atoms. The number of anilines is 2. The zero-order chi connectivity index (χ0) is 26.9. The van der Waals surface area contributed by atoms with Crippen molar-refractivity contribution in [3.05, 3.63) is 75.2 Å². The average Bonchev–Trinajstić information content (AvgIpc) is 2.86. The lowest BCUT2D eigenvalue weighted by molar-refractivity contribution is 0.0857. The number of ether oxygens (including phenoxy) is 1. The Morgan fingerprint density at radius 1 is 1.16 bits per heavy atom. The molecule has 9 heteroatoms. The molecule has 3 aromatic rings. The standard InChI is InChI=1S/C28H34Cl2N6O/c1-6-36(7-2)28(5)15-35(16-28)24-11-8-19(13-34-24)27(32)21-12-20(9-10-23(21)31)37-18(4)25-22(29)14-33-17(3)26(25)30/h8-14,18,32H,6-7,15-16,31H2,1-5H3/t18-/m1/s1. The normalized spacial score (nSPS) is 15.4. The van der Waals surface area contributed by atoms with Crippen molar-refractivity contribution < 1.29 is 4.74 Å². The van der Waals surface area contributed by atoms with Gasteiger partial charge < -0.3 is 15.4 Å². The number of benzene rings is 1. The summed E-state index contributed by atoms with van der Waals surface area (Å²) in [5, 5.41) is 9.73. The summed E-state index contributed by atoms with van der Waals surface area (Å²) in [6, 6.07) is 9.18. The van der Waals surface area contributed by atoms with Gasteiger partial charge in [-0.2, -0.15) is 0 Å². The minimum atomic E-state index is -0.424. The quantitative estimate of drug-likeness (QED) is 0.249. The molecule has 0 aliphatic carbocycles. The van der Waals surface area contributed by atoms with Crippen molar-refractivity contribution in [3.8, 4) is 5.75 Å². The number of likely N-dealkylation sites (N-methyl/N-ethyl adjacent to an activating group) is 1. The molecule has 0 radical (unpaired) electrons. The maximum atomic E-state index is 8.81. The molecule has 0 amide bonds. The van der Waals surface area contributed by atoms with E-state index in [-0.39, 0.29) is 11.3 Å². The van der Waals surface area contributed by atoms with Gasteiger partial charge in [-0.05, 0) is 64.2 Å². The highest BCUT2D eigenvalue weighted by Crippen LogP contribution is 2.35. The third-order valence-corrected chi connectivity index (χ3v) is 7.93. The molecule has 3 heterocycles. The van der Waals surface area contributed by atoms with Gasteiger partial charge in [-0.1, -0.05) is 37.0 Å². The summed E-state index contributed by atoms with van der Waals surface area (Å²) in [4.78, 5) is 13.6. The maximum Gasteiger partial charge on any atom is 0.128 e. The number of hydrogen-bond acceptors (Lipinski definition) is 7. The molecule has 1 atom stereocenters. The Morgan fingerprint density at radius 2 is 1.86 bits per heavy atom. The van der Waals surface area contributed by atoms with E-state index >= 15 is 0 Å². The van der Waals surface area contributed by atoms with Crippen molar-refractivity contribution in [1.82, 2.24) is 14.9 Å². The predicted molar refractivity (Wildman–Crippen MR) is 153 cm³/mol. The van der Waals surface area contributed by atoms with E-state index in [2.05, 4.69) is 40.5 Å². The number of halogens is 2. The van der Waals surface area contributed by atoms with Crippen LogP contribution in [-0.2, 0) is 0 Å². The Labute approximate surface area is 229 Å². The van der Waals surface area contributed by atoms with Crippen LogP contribution in [-0.4, -0.2) is 52.3 Å². The number of nitrogen functional groups attached to an aromatic ring is 1. The Hall–Kier alpha value is -2.87. The molecule has 1 aliphatic rings. The maximum absolute atomic E-state index is 8.81. The Kier molecular flexibility index (Phi) is 7.97. The molecular formula is C28H34Cl2N6O. The number of nitrogens with one attached hydrogen (secondary N) is 1. The van der Waals surface area contributed by atoms with Crippen LogP contribution in [0.2, 0.25) is 10.0 Å². The number of aromatic nitrogens is 2. The topological polar surface area (TPSA) is 91.4 Å². The van der Waals surface area contributed by atoms with Crippen LogP contribution in [0.4, 0.5) is 11.5 Å². The smallest absolute Gasteiger partial charge is 0.128 e. The molecule has 196 valence electrons. The highest BCUT2D eigenvalue weighted by atomic mass is 35.5. The second-order valence-electron chi connectivity index (χ2n) is 9.73. The fourth-order valence-electron chi connectivity index (χ4n) is 5.04. The number of nitrogens with zero attached hydrogens (tertiary/aromatic N) is 4. The van der Waals surface area contributed by atoms with Gasteiger partial charge in [0.25, 0.3) is 0 Å². The second kappa shape index (κ2) is 10.9. The first-order valence-electron chi connectivity index (χ1n) is 12.5. The van der Waals surface area contributed by atoms with Crippen LogP contribution < -0.4 is 15.4 Å². The van der Waals surface area contributed by atoms with Gasteiger partial charge >= 0.3 is 0 Å². The van der Waals surface area contributed by atoms with Gasteiger partial charge in [0.1, 0.15) is 17.7 Å². The van der Waals surface area contributed by atoms with Crippen LogP contribution in [0.1, 0.15) is 56.2 Å². The molecular weight excluding hydrogens is 507 g/mol. The summed E-state index contributed by atoms with van der Waals surface area (Å²) in [5.74, 6) is 1.48. The van der Waals surface area contributed by atoms with Crippen LogP contribution in [0.3, 0.4) is 0 Å². The number of hydrogen-bond donors (Lipinski definition) is 2.